The Morgan fingerprint density at radius 3 is 2.41 bits per heavy atom. The van der Waals surface area contributed by atoms with Crippen LogP contribution < -0.4 is 0 Å². The molecule has 27 heavy (non-hydrogen) atoms. The number of allylic oxidation sites excluding steroid dienone is 1. The number of hydrogen-bond donors (Lipinski definition) is 3. The Morgan fingerprint density at radius 1 is 1.19 bits per heavy atom. The van der Waals surface area contributed by atoms with Crippen molar-refractivity contribution in [1.29, 1.82) is 0 Å². The molecule has 0 amide bonds. The summed E-state index contributed by atoms with van der Waals surface area (Å²) in [6, 6.07) is 3.83. The molecule has 0 saturated heterocycles. The van der Waals surface area contributed by atoms with Gasteiger partial charge in [-0.2, -0.15) is 0 Å². The number of aliphatic hydroxyl groups excluding tert-OH is 1. The van der Waals surface area contributed by atoms with Gasteiger partial charge in [0.1, 0.15) is 5.75 Å². The monoisotopic (exact) mass is 374 g/mol. The van der Waals surface area contributed by atoms with Crippen LogP contribution in [0.2, 0.25) is 0 Å². The van der Waals surface area contributed by atoms with E-state index >= 15 is 0 Å². The van der Waals surface area contributed by atoms with Crippen LogP contribution in [0.3, 0.4) is 0 Å². The van der Waals surface area contributed by atoms with E-state index in [-0.39, 0.29) is 30.0 Å². The summed E-state index contributed by atoms with van der Waals surface area (Å²) in [5.41, 5.74) is 3.06. The van der Waals surface area contributed by atoms with Gasteiger partial charge in [-0.1, -0.05) is 26.0 Å². The summed E-state index contributed by atoms with van der Waals surface area (Å²) < 4.78 is 0. The van der Waals surface area contributed by atoms with Crippen LogP contribution in [0, 0.1) is 5.92 Å². The quantitative estimate of drug-likeness (QED) is 0.735. The zero-order chi connectivity index (χ0) is 20.4. The van der Waals surface area contributed by atoms with Gasteiger partial charge >= 0.3 is 0 Å². The minimum Gasteiger partial charge on any atom is -0.507 e. The standard InChI is InChI=1S/C23H34O4/c1-14-6-8-20-18(10-11-21(22(20)26)23(4,5)27)15(2)7-9-19(16(3)25)17(12-14)13-24/h10-11,14-15,24,26-27H,6-9,12-13H2,1-5H3/b19-17-. The number of aromatic hydroxyl groups is 1. The molecule has 1 aliphatic rings. The van der Waals surface area contributed by atoms with Gasteiger partial charge in [-0.25, -0.2) is 0 Å². The number of phenolic OH excluding ortho intramolecular Hbond substituents is 1. The fraction of sp³-hybridized carbons (Fsp3) is 0.609. The minimum absolute atomic E-state index is 0.0399. The third-order valence-electron chi connectivity index (χ3n) is 5.86. The Labute approximate surface area is 162 Å². The fourth-order valence-corrected chi connectivity index (χ4v) is 4.18. The Morgan fingerprint density at radius 2 is 1.85 bits per heavy atom. The van der Waals surface area contributed by atoms with E-state index < -0.39 is 5.60 Å². The second-order valence-electron chi connectivity index (χ2n) is 8.67. The predicted molar refractivity (Wildman–Crippen MR) is 108 cm³/mol. The van der Waals surface area contributed by atoms with Crippen LogP contribution in [0.1, 0.15) is 82.9 Å². The van der Waals surface area contributed by atoms with Crippen molar-refractivity contribution >= 4 is 5.78 Å². The Balaban J connectivity index is 2.50. The van der Waals surface area contributed by atoms with Crippen LogP contribution in [0.25, 0.3) is 0 Å². The molecule has 0 aromatic heterocycles. The average Bonchev–Trinajstić information content (AvgIpc) is 2.59. The van der Waals surface area contributed by atoms with Crippen molar-refractivity contribution in [2.24, 2.45) is 5.92 Å². The molecular weight excluding hydrogens is 340 g/mol. The highest BCUT2D eigenvalue weighted by Crippen LogP contribution is 2.39. The zero-order valence-corrected chi connectivity index (χ0v) is 17.3. The summed E-state index contributed by atoms with van der Waals surface area (Å²) in [5, 5.41) is 31.1. The Hall–Kier alpha value is -1.65. The lowest BCUT2D eigenvalue weighted by Crippen LogP contribution is -2.17. The molecule has 3 N–H and O–H groups in total. The SMILES string of the molecule is CC(=O)/C1=C(\CO)CC(C)CCc2c(ccc(C(C)(C)O)c2O)C(C)CC1. The molecule has 1 aliphatic carbocycles. The van der Waals surface area contributed by atoms with Crippen molar-refractivity contribution in [3.8, 4) is 5.75 Å². The molecule has 0 spiro atoms. The number of hydrogen-bond acceptors (Lipinski definition) is 4. The lowest BCUT2D eigenvalue weighted by atomic mass is 9.84. The number of rotatable bonds is 3. The number of ketones is 1. The maximum Gasteiger partial charge on any atom is 0.155 e. The number of benzene rings is 1. The van der Waals surface area contributed by atoms with E-state index in [1.54, 1.807) is 20.8 Å². The zero-order valence-electron chi connectivity index (χ0n) is 17.3. The molecule has 0 saturated carbocycles. The molecule has 4 heteroatoms. The van der Waals surface area contributed by atoms with Crippen LogP contribution in [-0.4, -0.2) is 27.7 Å². The lowest BCUT2D eigenvalue weighted by molar-refractivity contribution is -0.113. The number of carbonyl (C=O) groups is 1. The summed E-state index contributed by atoms with van der Waals surface area (Å²) >= 11 is 0. The van der Waals surface area contributed by atoms with E-state index in [1.165, 1.54) is 0 Å². The molecule has 1 aromatic rings. The highest BCUT2D eigenvalue weighted by molar-refractivity contribution is 5.94. The summed E-state index contributed by atoms with van der Waals surface area (Å²) in [4.78, 5) is 12.1. The summed E-state index contributed by atoms with van der Waals surface area (Å²) in [5.74, 6) is 0.691. The van der Waals surface area contributed by atoms with Gasteiger partial charge in [0.15, 0.2) is 5.78 Å². The van der Waals surface area contributed by atoms with E-state index in [1.807, 2.05) is 12.1 Å². The Kier molecular flexibility index (Phi) is 6.87. The summed E-state index contributed by atoms with van der Waals surface area (Å²) in [7, 11) is 0. The van der Waals surface area contributed by atoms with Crippen molar-refractivity contribution in [1.82, 2.24) is 0 Å². The van der Waals surface area contributed by atoms with Crippen molar-refractivity contribution in [2.45, 2.75) is 78.2 Å². The smallest absolute Gasteiger partial charge is 0.155 e. The number of aliphatic hydroxyl groups is 2. The molecule has 2 unspecified atom stereocenters. The van der Waals surface area contributed by atoms with Crippen molar-refractivity contribution < 1.29 is 20.1 Å². The summed E-state index contributed by atoms with van der Waals surface area (Å²) in [6.45, 7) is 9.10. The molecule has 2 rings (SSSR count). The first-order valence-electron chi connectivity index (χ1n) is 9.96. The van der Waals surface area contributed by atoms with Gasteiger partial charge in [-0.3, -0.25) is 4.79 Å². The van der Waals surface area contributed by atoms with E-state index in [4.69, 9.17) is 0 Å². The van der Waals surface area contributed by atoms with Gasteiger partial charge in [0.2, 0.25) is 0 Å². The van der Waals surface area contributed by atoms with Crippen LogP contribution in [-0.2, 0) is 16.8 Å². The van der Waals surface area contributed by atoms with E-state index in [2.05, 4.69) is 13.8 Å². The van der Waals surface area contributed by atoms with Crippen LogP contribution in [0.4, 0.5) is 0 Å². The molecule has 0 radical (unpaired) electrons. The van der Waals surface area contributed by atoms with Crippen molar-refractivity contribution in [3.63, 3.8) is 0 Å². The molecule has 2 atom stereocenters. The third kappa shape index (κ3) is 4.99. The fourth-order valence-electron chi connectivity index (χ4n) is 4.18. The third-order valence-corrected chi connectivity index (χ3v) is 5.86. The topological polar surface area (TPSA) is 77.8 Å². The molecule has 150 valence electrons. The average molecular weight is 375 g/mol. The van der Waals surface area contributed by atoms with Gasteiger partial charge in [-0.05, 0) is 87.0 Å². The molecular formula is C23H34O4. The second-order valence-corrected chi connectivity index (χ2v) is 8.67. The van der Waals surface area contributed by atoms with Gasteiger partial charge in [0.05, 0.1) is 12.2 Å². The highest BCUT2D eigenvalue weighted by Gasteiger charge is 2.26. The van der Waals surface area contributed by atoms with Gasteiger partial charge in [0.25, 0.3) is 0 Å². The van der Waals surface area contributed by atoms with Gasteiger partial charge in [-0.15, -0.1) is 0 Å². The largest absolute Gasteiger partial charge is 0.507 e. The number of carbonyl (C=O) groups excluding carboxylic acids is 1. The van der Waals surface area contributed by atoms with Crippen molar-refractivity contribution in [3.05, 3.63) is 40.0 Å². The molecule has 0 fully saturated rings. The maximum atomic E-state index is 12.1. The maximum absolute atomic E-state index is 12.1. The first-order valence-corrected chi connectivity index (χ1v) is 9.96. The number of Topliss-reactive ketones (excluding diaryl/α,β-unsaturated/α-hetero) is 1. The highest BCUT2D eigenvalue weighted by atomic mass is 16.3. The number of fused-ring (bicyclic) bond motifs is 1. The normalized spacial score (nSPS) is 24.9. The first kappa shape index (κ1) is 21.6. The van der Waals surface area contributed by atoms with Crippen molar-refractivity contribution in [2.75, 3.05) is 6.61 Å². The van der Waals surface area contributed by atoms with Gasteiger partial charge < -0.3 is 15.3 Å². The second kappa shape index (κ2) is 8.57. The van der Waals surface area contributed by atoms with Crippen LogP contribution in [0.15, 0.2) is 23.3 Å². The van der Waals surface area contributed by atoms with Crippen LogP contribution in [0.5, 0.6) is 5.75 Å². The van der Waals surface area contributed by atoms with Crippen LogP contribution >= 0.6 is 0 Å². The minimum atomic E-state index is -1.10. The molecule has 1 aromatic carbocycles. The lowest BCUT2D eigenvalue weighted by Gasteiger charge is -2.25. The number of phenols is 1. The molecule has 0 heterocycles. The van der Waals surface area contributed by atoms with E-state index in [0.717, 1.165) is 35.1 Å². The predicted octanol–water partition coefficient (Wildman–Crippen LogP) is 4.35. The first-order chi connectivity index (χ1) is 12.6. The molecule has 4 nitrogen and oxygen atoms in total. The molecule has 0 bridgehead atoms. The van der Waals surface area contributed by atoms with Gasteiger partial charge in [0, 0.05) is 5.56 Å². The summed E-state index contributed by atoms with van der Waals surface area (Å²) in [6.07, 6.45) is 3.66. The van der Waals surface area contributed by atoms with E-state index in [9.17, 15) is 20.1 Å². The molecule has 0 aliphatic heterocycles. The van der Waals surface area contributed by atoms with E-state index in [0.29, 0.717) is 24.8 Å². The Bertz CT molecular complexity index is 725.